The second-order valence-electron chi connectivity index (χ2n) is 4.13. The first-order chi connectivity index (χ1) is 9.77. The summed E-state index contributed by atoms with van der Waals surface area (Å²) in [6.07, 6.45) is -3.19. The van der Waals surface area contributed by atoms with Gasteiger partial charge in [0.2, 0.25) is 0 Å². The molecule has 0 aliphatic rings. The maximum atomic E-state index is 12.5. The summed E-state index contributed by atoms with van der Waals surface area (Å²) in [5.41, 5.74) is -0.362. The van der Waals surface area contributed by atoms with Gasteiger partial charge in [0, 0.05) is 16.8 Å². The van der Waals surface area contributed by atoms with E-state index in [-0.39, 0.29) is 16.5 Å². The Bertz CT molecular complexity index is 699. The van der Waals surface area contributed by atoms with Gasteiger partial charge in [-0.05, 0) is 36.4 Å². The van der Waals surface area contributed by atoms with Crippen molar-refractivity contribution in [1.82, 2.24) is 0 Å². The highest BCUT2D eigenvalue weighted by Gasteiger charge is 2.30. The molecule has 7 heteroatoms. The maximum absolute atomic E-state index is 12.5. The molecule has 0 aromatic heterocycles. The van der Waals surface area contributed by atoms with Gasteiger partial charge in [-0.25, -0.2) is 0 Å². The summed E-state index contributed by atoms with van der Waals surface area (Å²) < 4.78 is 37.5. The molecule has 0 saturated carbocycles. The molecule has 0 unspecified atom stereocenters. The van der Waals surface area contributed by atoms with Crippen LogP contribution < -0.4 is 0 Å². The molecule has 0 aliphatic heterocycles. The molecule has 110 valence electrons. The third-order valence-corrected chi connectivity index (χ3v) is 3.15. The van der Waals surface area contributed by atoms with Gasteiger partial charge in [-0.15, -0.1) is 0 Å². The van der Waals surface area contributed by atoms with Gasteiger partial charge >= 0.3 is 6.18 Å². The van der Waals surface area contributed by atoms with Crippen molar-refractivity contribution in [3.63, 3.8) is 0 Å². The molecule has 2 aromatic carbocycles. The third kappa shape index (κ3) is 3.89. The average molecular weight is 334 g/mol. The van der Waals surface area contributed by atoms with Gasteiger partial charge < -0.3 is 5.11 Å². The van der Waals surface area contributed by atoms with Gasteiger partial charge in [-0.3, -0.25) is 4.99 Å². The molecule has 0 aliphatic carbocycles. The van der Waals surface area contributed by atoms with Crippen LogP contribution >= 0.6 is 23.2 Å². The number of rotatable bonds is 2. The molecule has 1 N–H and O–H groups in total. The fourth-order valence-electron chi connectivity index (χ4n) is 1.56. The lowest BCUT2D eigenvalue weighted by Crippen LogP contribution is -2.04. The minimum Gasteiger partial charge on any atom is -0.507 e. The van der Waals surface area contributed by atoms with E-state index in [4.69, 9.17) is 23.2 Å². The molecular formula is C14H8Cl2F3NO. The summed E-state index contributed by atoms with van der Waals surface area (Å²) in [6.45, 7) is 0. The molecule has 0 spiro atoms. The van der Waals surface area contributed by atoms with Crippen LogP contribution in [0, 0.1) is 0 Å². The number of benzene rings is 2. The molecule has 0 saturated heterocycles. The van der Waals surface area contributed by atoms with Crippen LogP contribution in [0.15, 0.2) is 41.4 Å². The molecule has 0 bridgehead atoms. The lowest BCUT2D eigenvalue weighted by molar-refractivity contribution is -0.137. The zero-order valence-electron chi connectivity index (χ0n) is 10.3. The number of alkyl halides is 3. The second-order valence-corrected chi connectivity index (χ2v) is 4.97. The predicted octanol–water partition coefficient (Wildman–Crippen LogP) is 5.47. The highest BCUT2D eigenvalue weighted by molar-refractivity contribution is 6.33. The first kappa shape index (κ1) is 15.7. The van der Waals surface area contributed by atoms with Crippen LogP contribution in [0.3, 0.4) is 0 Å². The van der Waals surface area contributed by atoms with Crippen LogP contribution in [0.25, 0.3) is 0 Å². The van der Waals surface area contributed by atoms with Crippen LogP contribution in [0.4, 0.5) is 18.9 Å². The Morgan fingerprint density at radius 1 is 1.05 bits per heavy atom. The molecule has 0 heterocycles. The minimum absolute atomic E-state index is 0.0498. The van der Waals surface area contributed by atoms with Crippen molar-refractivity contribution in [1.29, 1.82) is 0 Å². The predicted molar refractivity (Wildman–Crippen MR) is 76.8 cm³/mol. The van der Waals surface area contributed by atoms with Crippen molar-refractivity contribution < 1.29 is 18.3 Å². The van der Waals surface area contributed by atoms with E-state index in [9.17, 15) is 18.3 Å². The number of hydrogen-bond donors (Lipinski definition) is 1. The Hall–Kier alpha value is -1.72. The fraction of sp³-hybridized carbons (Fsp3) is 0.0714. The van der Waals surface area contributed by atoms with Crippen molar-refractivity contribution in [3.8, 4) is 5.75 Å². The Labute approximate surface area is 128 Å². The van der Waals surface area contributed by atoms with Crippen LogP contribution in [-0.2, 0) is 6.18 Å². The summed E-state index contributed by atoms with van der Waals surface area (Å²) in [5, 5.41) is 9.86. The fourth-order valence-corrected chi connectivity index (χ4v) is 1.97. The second kappa shape index (κ2) is 5.95. The number of halogens is 5. The highest BCUT2D eigenvalue weighted by Crippen LogP contribution is 2.34. The summed E-state index contributed by atoms with van der Waals surface area (Å²) >= 11 is 11.5. The van der Waals surface area contributed by atoms with Crippen LogP contribution in [0.2, 0.25) is 10.0 Å². The van der Waals surface area contributed by atoms with E-state index in [1.54, 1.807) is 0 Å². The van der Waals surface area contributed by atoms with E-state index < -0.39 is 11.7 Å². The van der Waals surface area contributed by atoms with E-state index in [2.05, 4.69) is 4.99 Å². The Kier molecular flexibility index (Phi) is 4.44. The van der Waals surface area contributed by atoms with Gasteiger partial charge in [0.1, 0.15) is 5.75 Å². The Balaban J connectivity index is 2.32. The van der Waals surface area contributed by atoms with Gasteiger partial charge in [0.05, 0.1) is 16.3 Å². The van der Waals surface area contributed by atoms with Crippen LogP contribution in [0.1, 0.15) is 11.1 Å². The molecule has 0 amide bonds. The van der Waals surface area contributed by atoms with Gasteiger partial charge in [0.15, 0.2) is 0 Å². The van der Waals surface area contributed by atoms with E-state index >= 15 is 0 Å². The Morgan fingerprint density at radius 2 is 1.76 bits per heavy atom. The quantitative estimate of drug-likeness (QED) is 0.726. The van der Waals surface area contributed by atoms with Crippen molar-refractivity contribution in [3.05, 3.63) is 57.6 Å². The molecule has 21 heavy (non-hydrogen) atoms. The van der Waals surface area contributed by atoms with E-state index in [0.717, 1.165) is 18.2 Å². The molecular weight excluding hydrogens is 326 g/mol. The summed E-state index contributed by atoms with van der Waals surface area (Å²) in [6, 6.07) is 7.20. The molecule has 2 rings (SSSR count). The summed E-state index contributed by atoms with van der Waals surface area (Å²) in [4.78, 5) is 3.96. The van der Waals surface area contributed by atoms with Gasteiger partial charge in [0.25, 0.3) is 0 Å². The van der Waals surface area contributed by atoms with Crippen molar-refractivity contribution in [2.24, 2.45) is 4.99 Å². The number of hydrogen-bond acceptors (Lipinski definition) is 2. The molecule has 2 nitrogen and oxygen atoms in total. The first-order valence-corrected chi connectivity index (χ1v) is 6.42. The van der Waals surface area contributed by atoms with E-state index in [0.29, 0.717) is 10.6 Å². The number of nitrogens with zero attached hydrogens (tertiary/aromatic N) is 1. The Morgan fingerprint density at radius 3 is 2.38 bits per heavy atom. The number of aromatic hydroxyl groups is 1. The molecule has 0 fully saturated rings. The zero-order chi connectivity index (χ0) is 15.6. The summed E-state index contributed by atoms with van der Waals surface area (Å²) in [7, 11) is 0. The van der Waals surface area contributed by atoms with Crippen LogP contribution in [0.5, 0.6) is 5.75 Å². The zero-order valence-corrected chi connectivity index (χ0v) is 11.8. The SMILES string of the molecule is Oc1ccc(Cl)cc1/C=N/c1ccc(C(F)(F)F)cc1Cl. The minimum atomic E-state index is -4.46. The van der Waals surface area contributed by atoms with Crippen molar-refractivity contribution in [2.45, 2.75) is 6.18 Å². The van der Waals surface area contributed by atoms with Crippen LogP contribution in [-0.4, -0.2) is 11.3 Å². The normalized spacial score (nSPS) is 12.0. The van der Waals surface area contributed by atoms with E-state index in [1.165, 1.54) is 24.4 Å². The van der Waals surface area contributed by atoms with Crippen molar-refractivity contribution in [2.75, 3.05) is 0 Å². The average Bonchev–Trinajstić information content (AvgIpc) is 2.40. The maximum Gasteiger partial charge on any atom is 0.416 e. The molecule has 0 atom stereocenters. The topological polar surface area (TPSA) is 32.6 Å². The molecule has 0 radical (unpaired) electrons. The highest BCUT2D eigenvalue weighted by atomic mass is 35.5. The lowest BCUT2D eigenvalue weighted by atomic mass is 10.2. The first-order valence-electron chi connectivity index (χ1n) is 5.67. The standard InChI is InChI=1S/C14H8Cl2F3NO/c15-10-2-4-13(21)8(5-10)7-20-12-3-1-9(6-11(12)16)14(17,18)19/h1-7,21H/b20-7+. The number of phenolic OH excluding ortho intramolecular Hbond substituents is 1. The smallest absolute Gasteiger partial charge is 0.416 e. The lowest BCUT2D eigenvalue weighted by Gasteiger charge is -2.07. The summed E-state index contributed by atoms with van der Waals surface area (Å²) in [5.74, 6) is -0.0498. The van der Waals surface area contributed by atoms with Gasteiger partial charge in [-0.2, -0.15) is 13.2 Å². The number of phenols is 1. The third-order valence-electron chi connectivity index (χ3n) is 2.61. The number of aliphatic imine (C=N–C) groups is 1. The van der Waals surface area contributed by atoms with E-state index in [1.807, 2.05) is 0 Å². The van der Waals surface area contributed by atoms with Gasteiger partial charge in [-0.1, -0.05) is 23.2 Å². The largest absolute Gasteiger partial charge is 0.507 e. The monoisotopic (exact) mass is 333 g/mol. The molecule has 2 aromatic rings. The van der Waals surface area contributed by atoms with Crippen molar-refractivity contribution >= 4 is 35.1 Å².